The molecule has 1 N–H and O–H groups in total. The molecule has 1 aromatic rings. The van der Waals surface area contributed by atoms with Crippen molar-refractivity contribution in [2.75, 3.05) is 13.2 Å². The molecule has 0 radical (unpaired) electrons. The normalized spacial score (nSPS) is 26.5. The van der Waals surface area contributed by atoms with Gasteiger partial charge in [0, 0.05) is 5.92 Å². The van der Waals surface area contributed by atoms with Crippen molar-refractivity contribution in [2.45, 2.75) is 37.8 Å². The van der Waals surface area contributed by atoms with E-state index in [9.17, 15) is 4.79 Å². The lowest BCUT2D eigenvalue weighted by atomic mass is 9.90. The third-order valence-electron chi connectivity index (χ3n) is 4.12. The zero-order valence-corrected chi connectivity index (χ0v) is 11.2. The van der Waals surface area contributed by atoms with E-state index < -0.39 is 5.54 Å². The van der Waals surface area contributed by atoms with Gasteiger partial charge in [-0.2, -0.15) is 0 Å². The standard InChI is InChI=1S/C16H21NO2/c18-15(14-7-8-14)16(9-4-10-17-16)12-19-11-13-5-2-1-3-6-13/h1-3,5-6,14,17H,4,7-12H2. The maximum Gasteiger partial charge on any atom is 0.158 e. The van der Waals surface area contributed by atoms with E-state index in [1.165, 1.54) is 0 Å². The highest BCUT2D eigenvalue weighted by Crippen LogP contribution is 2.37. The Balaban J connectivity index is 1.58. The highest BCUT2D eigenvalue weighted by Gasteiger charge is 2.47. The van der Waals surface area contributed by atoms with Crippen molar-refractivity contribution in [3.63, 3.8) is 0 Å². The molecule has 19 heavy (non-hydrogen) atoms. The van der Waals surface area contributed by atoms with E-state index >= 15 is 0 Å². The lowest BCUT2D eigenvalue weighted by Gasteiger charge is -2.28. The molecular formula is C16H21NO2. The fourth-order valence-electron chi connectivity index (χ4n) is 2.86. The van der Waals surface area contributed by atoms with E-state index in [0.29, 0.717) is 24.9 Å². The van der Waals surface area contributed by atoms with Crippen molar-refractivity contribution in [3.8, 4) is 0 Å². The molecule has 1 aromatic carbocycles. The first kappa shape index (κ1) is 12.8. The summed E-state index contributed by atoms with van der Waals surface area (Å²) in [6.07, 6.45) is 4.15. The van der Waals surface area contributed by atoms with Crippen molar-refractivity contribution in [3.05, 3.63) is 35.9 Å². The van der Waals surface area contributed by atoms with Gasteiger partial charge in [0.2, 0.25) is 0 Å². The highest BCUT2D eigenvalue weighted by atomic mass is 16.5. The molecule has 0 aromatic heterocycles. The number of ketones is 1. The average Bonchev–Trinajstić information content (AvgIpc) is 3.19. The molecule has 102 valence electrons. The van der Waals surface area contributed by atoms with Gasteiger partial charge in [0.05, 0.1) is 13.2 Å². The van der Waals surface area contributed by atoms with Crippen LogP contribution in [0.5, 0.6) is 0 Å². The first-order valence-corrected chi connectivity index (χ1v) is 7.21. The summed E-state index contributed by atoms with van der Waals surface area (Å²) < 4.78 is 5.82. The number of ether oxygens (including phenoxy) is 1. The monoisotopic (exact) mass is 259 g/mol. The average molecular weight is 259 g/mol. The van der Waals surface area contributed by atoms with Crippen molar-refractivity contribution < 1.29 is 9.53 Å². The van der Waals surface area contributed by atoms with E-state index in [0.717, 1.165) is 37.8 Å². The number of carbonyl (C=O) groups excluding carboxylic acids is 1. The number of benzene rings is 1. The number of nitrogens with one attached hydrogen (secondary N) is 1. The fourth-order valence-corrected chi connectivity index (χ4v) is 2.86. The molecule has 1 saturated carbocycles. The third-order valence-corrected chi connectivity index (χ3v) is 4.12. The molecule has 1 unspecified atom stereocenters. The molecule has 0 spiro atoms. The van der Waals surface area contributed by atoms with Crippen LogP contribution >= 0.6 is 0 Å². The summed E-state index contributed by atoms with van der Waals surface area (Å²) in [5.41, 5.74) is 0.769. The summed E-state index contributed by atoms with van der Waals surface area (Å²) in [5, 5.41) is 3.40. The molecule has 2 aliphatic rings. The van der Waals surface area contributed by atoms with E-state index in [4.69, 9.17) is 4.74 Å². The topological polar surface area (TPSA) is 38.3 Å². The lowest BCUT2D eigenvalue weighted by Crippen LogP contribution is -2.52. The van der Waals surface area contributed by atoms with Gasteiger partial charge in [-0.25, -0.2) is 0 Å². The number of hydrogen-bond donors (Lipinski definition) is 1. The van der Waals surface area contributed by atoms with Crippen LogP contribution in [0, 0.1) is 5.92 Å². The maximum absolute atomic E-state index is 12.4. The molecule has 3 rings (SSSR count). The van der Waals surface area contributed by atoms with Crippen LogP contribution in [0.3, 0.4) is 0 Å². The Morgan fingerprint density at radius 1 is 1.32 bits per heavy atom. The van der Waals surface area contributed by atoms with Crippen LogP contribution in [-0.2, 0) is 16.1 Å². The Hall–Kier alpha value is -1.19. The predicted octanol–water partition coefficient (Wildman–Crippen LogP) is 2.30. The second-order valence-electron chi connectivity index (χ2n) is 5.73. The molecule has 0 amide bonds. The quantitative estimate of drug-likeness (QED) is 0.852. The number of Topliss-reactive ketones (excluding diaryl/α,β-unsaturated/α-hetero) is 1. The Morgan fingerprint density at radius 3 is 2.74 bits per heavy atom. The molecule has 1 saturated heterocycles. The van der Waals surface area contributed by atoms with Crippen LogP contribution in [0.15, 0.2) is 30.3 Å². The van der Waals surface area contributed by atoms with Crippen LogP contribution in [0.25, 0.3) is 0 Å². The Bertz CT molecular complexity index is 433. The SMILES string of the molecule is O=C(C1CC1)C1(COCc2ccccc2)CCCN1. The third kappa shape index (κ3) is 2.88. The second-order valence-corrected chi connectivity index (χ2v) is 5.73. The fraction of sp³-hybridized carbons (Fsp3) is 0.562. The molecule has 1 aliphatic heterocycles. The van der Waals surface area contributed by atoms with Crippen LogP contribution in [-0.4, -0.2) is 24.5 Å². The maximum atomic E-state index is 12.4. The predicted molar refractivity (Wildman–Crippen MR) is 73.8 cm³/mol. The first-order chi connectivity index (χ1) is 9.30. The summed E-state index contributed by atoms with van der Waals surface area (Å²) in [6.45, 7) is 2.03. The van der Waals surface area contributed by atoms with Crippen molar-refractivity contribution >= 4 is 5.78 Å². The molecule has 0 bridgehead atoms. The Morgan fingerprint density at radius 2 is 2.11 bits per heavy atom. The van der Waals surface area contributed by atoms with E-state index in [-0.39, 0.29) is 0 Å². The minimum Gasteiger partial charge on any atom is -0.374 e. The zero-order valence-electron chi connectivity index (χ0n) is 11.2. The minimum atomic E-state index is -0.393. The largest absolute Gasteiger partial charge is 0.374 e. The van der Waals surface area contributed by atoms with Crippen molar-refractivity contribution in [1.29, 1.82) is 0 Å². The van der Waals surface area contributed by atoms with Gasteiger partial charge < -0.3 is 10.1 Å². The lowest BCUT2D eigenvalue weighted by molar-refractivity contribution is -0.129. The number of carbonyl (C=O) groups is 1. The van der Waals surface area contributed by atoms with E-state index in [1.54, 1.807) is 0 Å². The first-order valence-electron chi connectivity index (χ1n) is 7.21. The van der Waals surface area contributed by atoms with Crippen molar-refractivity contribution in [1.82, 2.24) is 5.32 Å². The van der Waals surface area contributed by atoms with Crippen molar-refractivity contribution in [2.24, 2.45) is 5.92 Å². The van der Waals surface area contributed by atoms with E-state index in [2.05, 4.69) is 17.4 Å². The Kier molecular flexibility index (Phi) is 3.67. The summed E-state index contributed by atoms with van der Waals surface area (Å²) in [7, 11) is 0. The molecule has 3 heteroatoms. The molecule has 1 atom stereocenters. The zero-order chi connectivity index (χ0) is 13.1. The van der Waals surface area contributed by atoms with Gasteiger partial charge in [-0.3, -0.25) is 4.79 Å². The number of rotatable bonds is 6. The summed E-state index contributed by atoms with van der Waals surface area (Å²) in [5.74, 6) is 0.684. The van der Waals surface area contributed by atoms with Gasteiger partial charge in [0.1, 0.15) is 5.54 Å². The van der Waals surface area contributed by atoms with Gasteiger partial charge in [0.15, 0.2) is 5.78 Å². The summed E-state index contributed by atoms with van der Waals surface area (Å²) >= 11 is 0. The Labute approximate surface area is 114 Å². The molecular weight excluding hydrogens is 238 g/mol. The molecule has 1 aliphatic carbocycles. The van der Waals surface area contributed by atoms with Gasteiger partial charge in [0.25, 0.3) is 0 Å². The van der Waals surface area contributed by atoms with Crippen LogP contribution in [0.4, 0.5) is 0 Å². The van der Waals surface area contributed by atoms with Gasteiger partial charge in [-0.05, 0) is 37.8 Å². The smallest absolute Gasteiger partial charge is 0.158 e. The molecule has 3 nitrogen and oxygen atoms in total. The minimum absolute atomic E-state index is 0.297. The van der Waals surface area contributed by atoms with Gasteiger partial charge in [-0.1, -0.05) is 30.3 Å². The molecule has 2 fully saturated rings. The van der Waals surface area contributed by atoms with E-state index in [1.807, 2.05) is 18.2 Å². The second kappa shape index (κ2) is 5.43. The number of hydrogen-bond acceptors (Lipinski definition) is 3. The van der Waals surface area contributed by atoms with Crippen LogP contribution in [0.1, 0.15) is 31.2 Å². The summed E-state index contributed by atoms with van der Waals surface area (Å²) in [6, 6.07) is 10.1. The highest BCUT2D eigenvalue weighted by molar-refractivity contribution is 5.92. The van der Waals surface area contributed by atoms with Crippen LogP contribution in [0.2, 0.25) is 0 Å². The van der Waals surface area contributed by atoms with Crippen LogP contribution < -0.4 is 5.32 Å². The van der Waals surface area contributed by atoms with Gasteiger partial charge in [-0.15, -0.1) is 0 Å². The summed E-state index contributed by atoms with van der Waals surface area (Å²) in [4.78, 5) is 12.4. The van der Waals surface area contributed by atoms with Gasteiger partial charge >= 0.3 is 0 Å². The molecule has 1 heterocycles.